The Morgan fingerprint density at radius 3 is 0.957 bits per heavy atom. The molecule has 0 saturated heterocycles. The number of alkyl halides is 6. The third kappa shape index (κ3) is 39.6. The van der Waals surface area contributed by atoms with E-state index < -0.39 is 34.1 Å². The number of hydrogen-bond donors (Lipinski definition) is 0. The molecule has 0 aromatic carbocycles. The molecular weight excluding hydrogens is 1260 g/mol. The maximum absolute atomic E-state index is 13.6. The lowest BCUT2D eigenvalue weighted by atomic mass is 10.1. The quantitative estimate of drug-likeness (QED) is 0.0199. The zero-order chi connectivity index (χ0) is 51.2. The summed E-state index contributed by atoms with van der Waals surface area (Å²) in [7, 11) is 0. The van der Waals surface area contributed by atoms with Gasteiger partial charge in [0.25, 0.3) is 11.3 Å². The zero-order valence-corrected chi connectivity index (χ0v) is 53.3. The largest absolute Gasteiger partial charge is 0.434 e. The minimum Gasteiger partial charge on any atom is -0.434 e. The maximum atomic E-state index is 13.6. The van der Waals surface area contributed by atoms with Crippen molar-refractivity contribution in [1.29, 1.82) is 0 Å². The van der Waals surface area contributed by atoms with Crippen LogP contribution in [-0.2, 0) is 28.6 Å². The van der Waals surface area contributed by atoms with E-state index in [2.05, 4.69) is 153 Å². The molecule has 0 fully saturated rings. The Morgan fingerprint density at radius 2 is 0.623 bits per heavy atom. The Balaban J connectivity index is 5.14. The predicted octanol–water partition coefficient (Wildman–Crippen LogP) is 22.1. The molecule has 2 unspecified atom stereocenters. The van der Waals surface area contributed by atoms with Gasteiger partial charge in [0.05, 0.1) is 0 Å². The fourth-order valence-corrected chi connectivity index (χ4v) is 12.0. The molecule has 404 valence electrons. The lowest BCUT2D eigenvalue weighted by molar-refractivity contribution is -0.179. The lowest BCUT2D eigenvalue weighted by Gasteiger charge is -2.44. The third-order valence-corrected chi connectivity index (χ3v) is 19.6. The first-order chi connectivity index (χ1) is 33.3. The summed E-state index contributed by atoms with van der Waals surface area (Å²) in [5, 5.41) is 0. The van der Waals surface area contributed by atoms with Crippen molar-refractivity contribution in [3.8, 4) is 0 Å². The molecule has 0 aromatic heterocycles. The minimum atomic E-state index is -1.98. The van der Waals surface area contributed by atoms with Gasteiger partial charge in [-0.3, -0.25) is 14.4 Å². The van der Waals surface area contributed by atoms with Crippen molar-refractivity contribution in [1.82, 2.24) is 0 Å². The van der Waals surface area contributed by atoms with E-state index in [4.69, 9.17) is 14.2 Å². The van der Waals surface area contributed by atoms with E-state index in [1.165, 1.54) is 135 Å². The van der Waals surface area contributed by atoms with Crippen LogP contribution in [0.1, 0.15) is 284 Å². The van der Waals surface area contributed by atoms with Crippen molar-refractivity contribution in [2.75, 3.05) is 0 Å². The standard InChI is InChI=1S/C57H98Br6O6/c1-4-7-10-13-16-19-22-25-28-31-34-37-40-43-46-49-52(64)67-55(59,56(60,61)68-53(65)50-47-44-41-38-35-32-29-26-23-20-17-14-11-8-5-2)57(62,63)69-54(66)51(58)48-45-42-39-36-33-30-27-24-21-18-15-12-9-6-3/h25-30,51H,4-24,31-50H2,1-3H3. The van der Waals surface area contributed by atoms with Crippen LogP contribution >= 0.6 is 95.6 Å². The minimum absolute atomic E-state index is 0.143. The van der Waals surface area contributed by atoms with Gasteiger partial charge in [0.2, 0.25) is 0 Å². The number of allylic oxidation sites excluding steroid dienone is 6. The van der Waals surface area contributed by atoms with Gasteiger partial charge < -0.3 is 14.2 Å². The van der Waals surface area contributed by atoms with Gasteiger partial charge >= 0.3 is 17.9 Å². The van der Waals surface area contributed by atoms with Gasteiger partial charge in [-0.25, -0.2) is 0 Å². The molecule has 0 amide bonds. The second-order valence-corrected chi connectivity index (χ2v) is 28.0. The second kappa shape index (κ2) is 48.2. The Kier molecular flexibility index (Phi) is 48.5. The van der Waals surface area contributed by atoms with E-state index in [1.54, 1.807) is 0 Å². The Hall–Kier alpha value is 0.510. The highest BCUT2D eigenvalue weighted by molar-refractivity contribution is 9.27. The monoisotopic (exact) mass is 1350 g/mol. The molecule has 0 aliphatic rings. The summed E-state index contributed by atoms with van der Waals surface area (Å²) in [5.74, 6) is -1.59. The molecule has 0 saturated carbocycles. The van der Waals surface area contributed by atoms with E-state index >= 15 is 0 Å². The van der Waals surface area contributed by atoms with Crippen molar-refractivity contribution < 1.29 is 28.6 Å². The summed E-state index contributed by atoms with van der Waals surface area (Å²) >= 11 is 21.1. The highest BCUT2D eigenvalue weighted by Crippen LogP contribution is 2.58. The molecular formula is C57H98Br6O6. The fourth-order valence-electron chi connectivity index (χ4n) is 8.03. The highest BCUT2D eigenvalue weighted by Gasteiger charge is 2.67. The van der Waals surface area contributed by atoms with Crippen LogP contribution in [0.15, 0.2) is 36.5 Å². The van der Waals surface area contributed by atoms with E-state index in [0.717, 1.165) is 96.3 Å². The van der Waals surface area contributed by atoms with Crippen LogP contribution in [0, 0.1) is 0 Å². The molecule has 0 N–H and O–H groups in total. The Morgan fingerprint density at radius 1 is 0.362 bits per heavy atom. The summed E-state index contributed by atoms with van der Waals surface area (Å²) in [6, 6.07) is 0. The van der Waals surface area contributed by atoms with Gasteiger partial charge in [0, 0.05) is 12.8 Å². The molecule has 0 aliphatic heterocycles. The van der Waals surface area contributed by atoms with Crippen LogP contribution in [0.5, 0.6) is 0 Å². The van der Waals surface area contributed by atoms with Gasteiger partial charge in [-0.2, -0.15) is 0 Å². The van der Waals surface area contributed by atoms with Crippen LogP contribution < -0.4 is 0 Å². The Bertz CT molecular complexity index is 1320. The molecule has 0 aliphatic carbocycles. The summed E-state index contributed by atoms with van der Waals surface area (Å²) < 4.78 is 12.3. The molecule has 12 heteroatoms. The normalized spacial score (nSPS) is 13.7. The highest BCUT2D eigenvalue weighted by atomic mass is 79.9. The summed E-state index contributed by atoms with van der Waals surface area (Å²) in [6.07, 6.45) is 59.1. The molecule has 0 radical (unpaired) electrons. The number of unbranched alkanes of at least 4 members (excludes halogenated alkanes) is 32. The van der Waals surface area contributed by atoms with Crippen molar-refractivity contribution >= 4 is 113 Å². The van der Waals surface area contributed by atoms with Crippen molar-refractivity contribution in [3.63, 3.8) is 0 Å². The average Bonchev–Trinajstić information content (AvgIpc) is 3.31. The fraction of sp³-hybridized carbons (Fsp3) is 0.842. The van der Waals surface area contributed by atoms with Gasteiger partial charge in [0.15, 0.2) is 0 Å². The molecule has 0 bridgehead atoms. The Labute approximate surface area is 474 Å². The van der Waals surface area contributed by atoms with Crippen LogP contribution in [0.25, 0.3) is 0 Å². The van der Waals surface area contributed by atoms with Gasteiger partial charge in [-0.1, -0.05) is 227 Å². The number of ether oxygens (including phenoxy) is 3. The van der Waals surface area contributed by atoms with E-state index in [0.29, 0.717) is 19.3 Å². The van der Waals surface area contributed by atoms with E-state index in [9.17, 15) is 14.4 Å². The van der Waals surface area contributed by atoms with Gasteiger partial charge in [-0.15, -0.1) is 0 Å². The molecule has 69 heavy (non-hydrogen) atoms. The van der Waals surface area contributed by atoms with Crippen molar-refractivity contribution in [2.45, 2.75) is 300 Å². The van der Waals surface area contributed by atoms with E-state index in [1.807, 2.05) is 0 Å². The summed E-state index contributed by atoms with van der Waals surface area (Å²) in [4.78, 5) is 39.8. The average molecular weight is 1360 g/mol. The molecule has 6 nitrogen and oxygen atoms in total. The van der Waals surface area contributed by atoms with Crippen LogP contribution in [0.3, 0.4) is 0 Å². The first-order valence-electron chi connectivity index (χ1n) is 28.0. The summed E-state index contributed by atoms with van der Waals surface area (Å²) in [6.45, 7) is 6.77. The topological polar surface area (TPSA) is 78.9 Å². The molecule has 0 heterocycles. The third-order valence-electron chi connectivity index (χ3n) is 12.5. The first kappa shape index (κ1) is 69.5. The molecule has 0 rings (SSSR count). The SMILES string of the molecule is CCCCCCCCC=CCCCCCCCC(=O)OC(Br)(Br)C(Br)(OC(=O)CCCCCCCC=CCCCCCCCC)C(Br)(Br)OC(=O)C(Br)CCCCCCC=CCCCCCCCC. The number of rotatable bonds is 50. The second-order valence-electron chi connectivity index (χ2n) is 19.2. The van der Waals surface area contributed by atoms with Crippen molar-refractivity contribution in [3.05, 3.63) is 36.5 Å². The van der Waals surface area contributed by atoms with Crippen LogP contribution in [-0.4, -0.2) is 34.1 Å². The number of esters is 3. The lowest BCUT2D eigenvalue weighted by Crippen LogP contribution is -2.59. The molecule has 0 spiro atoms. The number of halogens is 6. The summed E-state index contributed by atoms with van der Waals surface area (Å²) in [5.41, 5.74) is 0. The molecule has 2 atom stereocenters. The maximum Gasteiger partial charge on any atom is 0.321 e. The van der Waals surface area contributed by atoms with Gasteiger partial charge in [-0.05, 0) is 176 Å². The number of carbonyl (C=O) groups excluding carboxylic acids is 3. The van der Waals surface area contributed by atoms with Crippen molar-refractivity contribution in [2.24, 2.45) is 0 Å². The van der Waals surface area contributed by atoms with Gasteiger partial charge in [0.1, 0.15) is 4.83 Å². The van der Waals surface area contributed by atoms with E-state index in [-0.39, 0.29) is 12.8 Å². The van der Waals surface area contributed by atoms with Crippen LogP contribution in [0.4, 0.5) is 0 Å². The zero-order valence-electron chi connectivity index (χ0n) is 43.8. The van der Waals surface area contributed by atoms with Crippen LogP contribution in [0.2, 0.25) is 0 Å². The molecule has 0 aromatic rings. The first-order valence-corrected chi connectivity index (χ1v) is 32.9. The number of hydrogen-bond acceptors (Lipinski definition) is 6. The smallest absolute Gasteiger partial charge is 0.321 e. The predicted molar refractivity (Wildman–Crippen MR) is 318 cm³/mol. The number of carbonyl (C=O) groups is 3.